The molecule has 1 fully saturated rings. The second-order valence-corrected chi connectivity index (χ2v) is 5.92. The van der Waals surface area contributed by atoms with E-state index in [1.807, 2.05) is 14.0 Å². The predicted octanol–water partition coefficient (Wildman–Crippen LogP) is 2.71. The molecule has 6 heteroatoms. The van der Waals surface area contributed by atoms with Crippen molar-refractivity contribution < 1.29 is 4.74 Å². The van der Waals surface area contributed by atoms with Gasteiger partial charge in [-0.15, -0.1) is 0 Å². The van der Waals surface area contributed by atoms with Crippen molar-refractivity contribution in [3.05, 3.63) is 16.9 Å². The zero-order chi connectivity index (χ0) is 14.6. The average Bonchev–Trinajstić information content (AvgIpc) is 2.66. The molecular formula is C14H25ClN4O. The summed E-state index contributed by atoms with van der Waals surface area (Å²) in [6.07, 6.45) is 8.49. The third-order valence-electron chi connectivity index (χ3n) is 4.29. The minimum absolute atomic E-state index is 0.138. The zero-order valence-corrected chi connectivity index (χ0v) is 13.1. The summed E-state index contributed by atoms with van der Waals surface area (Å²) in [5.74, 6) is 5.87. The molecule has 1 saturated carbocycles. The van der Waals surface area contributed by atoms with E-state index in [0.717, 1.165) is 31.4 Å². The Balaban J connectivity index is 2.38. The summed E-state index contributed by atoms with van der Waals surface area (Å²) in [5.41, 5.74) is 3.55. The maximum atomic E-state index is 6.31. The topological polar surface area (TPSA) is 65.1 Å². The summed E-state index contributed by atoms with van der Waals surface area (Å²) >= 11 is 6.31. The standard InChI is InChI=1S/C14H25ClN4O/c1-3-20-14(8-6-4-5-7-9-14)13(18-16)12-11(15)10-17-19(12)2/h10,13,18H,3-9,16H2,1-2H3. The SMILES string of the molecule is CCOC1(C(NN)c2c(Cl)cnn2C)CCCCCC1. The van der Waals surface area contributed by atoms with Gasteiger partial charge in [0.05, 0.1) is 28.6 Å². The Morgan fingerprint density at radius 2 is 2.10 bits per heavy atom. The van der Waals surface area contributed by atoms with Crippen molar-refractivity contribution in [1.82, 2.24) is 15.2 Å². The van der Waals surface area contributed by atoms with Crippen LogP contribution >= 0.6 is 11.6 Å². The van der Waals surface area contributed by atoms with Gasteiger partial charge in [0.2, 0.25) is 0 Å². The van der Waals surface area contributed by atoms with Gasteiger partial charge in [-0.3, -0.25) is 10.5 Å². The van der Waals surface area contributed by atoms with Crippen molar-refractivity contribution >= 4 is 11.6 Å². The fraction of sp³-hybridized carbons (Fsp3) is 0.786. The van der Waals surface area contributed by atoms with Gasteiger partial charge in [-0.25, -0.2) is 5.43 Å². The molecule has 1 aliphatic carbocycles. The van der Waals surface area contributed by atoms with Crippen molar-refractivity contribution in [1.29, 1.82) is 0 Å². The molecule has 0 aromatic carbocycles. The highest BCUT2D eigenvalue weighted by atomic mass is 35.5. The van der Waals surface area contributed by atoms with Crippen molar-refractivity contribution in [2.75, 3.05) is 6.61 Å². The lowest BCUT2D eigenvalue weighted by atomic mass is 9.84. The van der Waals surface area contributed by atoms with E-state index in [-0.39, 0.29) is 11.6 Å². The molecule has 0 saturated heterocycles. The third-order valence-corrected chi connectivity index (χ3v) is 4.58. The number of ether oxygens (including phenoxy) is 1. The van der Waals surface area contributed by atoms with Gasteiger partial charge in [0.1, 0.15) is 0 Å². The van der Waals surface area contributed by atoms with Crippen LogP contribution in [0.4, 0.5) is 0 Å². The zero-order valence-electron chi connectivity index (χ0n) is 12.4. The Hall–Kier alpha value is -0.620. The second kappa shape index (κ2) is 6.89. The number of hydrogen-bond donors (Lipinski definition) is 2. The van der Waals surface area contributed by atoms with E-state index < -0.39 is 0 Å². The highest BCUT2D eigenvalue weighted by Crippen LogP contribution is 2.41. The molecule has 1 aliphatic rings. The normalized spacial score (nSPS) is 20.6. The van der Waals surface area contributed by atoms with Crippen LogP contribution in [0.5, 0.6) is 0 Å². The van der Waals surface area contributed by atoms with Gasteiger partial charge in [0.15, 0.2) is 0 Å². The Bertz CT molecular complexity index is 407. The monoisotopic (exact) mass is 300 g/mol. The Kier molecular flexibility index (Phi) is 5.43. The summed E-state index contributed by atoms with van der Waals surface area (Å²) < 4.78 is 7.99. The number of hydrogen-bond acceptors (Lipinski definition) is 4. The predicted molar refractivity (Wildman–Crippen MR) is 80.3 cm³/mol. The first-order valence-corrected chi connectivity index (χ1v) is 7.80. The largest absolute Gasteiger partial charge is 0.373 e. The Labute approximate surface area is 125 Å². The van der Waals surface area contributed by atoms with Gasteiger partial charge in [-0.1, -0.05) is 37.3 Å². The molecule has 0 spiro atoms. The van der Waals surface area contributed by atoms with Crippen LogP contribution in [-0.4, -0.2) is 22.0 Å². The van der Waals surface area contributed by atoms with E-state index in [4.69, 9.17) is 22.2 Å². The van der Waals surface area contributed by atoms with Crippen LogP contribution < -0.4 is 11.3 Å². The quantitative estimate of drug-likeness (QED) is 0.498. The van der Waals surface area contributed by atoms with E-state index in [1.54, 1.807) is 10.9 Å². The van der Waals surface area contributed by atoms with Crippen molar-refractivity contribution in [2.24, 2.45) is 12.9 Å². The maximum Gasteiger partial charge on any atom is 0.0933 e. The molecule has 3 N–H and O–H groups in total. The molecule has 1 heterocycles. The summed E-state index contributed by atoms with van der Waals surface area (Å²) in [5, 5.41) is 4.87. The van der Waals surface area contributed by atoms with Gasteiger partial charge < -0.3 is 4.74 Å². The minimum Gasteiger partial charge on any atom is -0.373 e. The Morgan fingerprint density at radius 3 is 2.55 bits per heavy atom. The van der Waals surface area contributed by atoms with Crippen LogP contribution in [0.3, 0.4) is 0 Å². The lowest BCUT2D eigenvalue weighted by Crippen LogP contribution is -2.49. The number of rotatable bonds is 5. The minimum atomic E-state index is -0.294. The fourth-order valence-corrected chi connectivity index (χ4v) is 3.63. The van der Waals surface area contributed by atoms with E-state index in [0.29, 0.717) is 11.6 Å². The molecular weight excluding hydrogens is 276 g/mol. The van der Waals surface area contributed by atoms with Crippen LogP contribution in [-0.2, 0) is 11.8 Å². The second-order valence-electron chi connectivity index (χ2n) is 5.51. The highest BCUT2D eigenvalue weighted by molar-refractivity contribution is 6.31. The smallest absolute Gasteiger partial charge is 0.0933 e. The molecule has 0 bridgehead atoms. The van der Waals surface area contributed by atoms with E-state index in [1.165, 1.54) is 12.8 Å². The summed E-state index contributed by atoms with van der Waals surface area (Å²) in [7, 11) is 1.89. The lowest BCUT2D eigenvalue weighted by Gasteiger charge is -2.40. The number of aromatic nitrogens is 2. The summed E-state index contributed by atoms with van der Waals surface area (Å²) in [6.45, 7) is 2.71. The van der Waals surface area contributed by atoms with Gasteiger partial charge in [0, 0.05) is 13.7 Å². The van der Waals surface area contributed by atoms with Gasteiger partial charge in [-0.2, -0.15) is 5.10 Å². The number of nitrogens with zero attached hydrogens (tertiary/aromatic N) is 2. The molecule has 1 unspecified atom stereocenters. The highest BCUT2D eigenvalue weighted by Gasteiger charge is 2.42. The third kappa shape index (κ3) is 3.01. The molecule has 5 nitrogen and oxygen atoms in total. The lowest BCUT2D eigenvalue weighted by molar-refractivity contribution is -0.0798. The van der Waals surface area contributed by atoms with Gasteiger partial charge in [-0.05, 0) is 19.8 Å². The molecule has 1 aromatic heterocycles. The molecule has 1 aromatic rings. The van der Waals surface area contributed by atoms with E-state index >= 15 is 0 Å². The number of hydrazine groups is 1. The average molecular weight is 301 g/mol. The molecule has 0 amide bonds. The van der Waals surface area contributed by atoms with Crippen molar-refractivity contribution in [3.8, 4) is 0 Å². The maximum absolute atomic E-state index is 6.31. The van der Waals surface area contributed by atoms with Crippen LogP contribution in [0.2, 0.25) is 5.02 Å². The van der Waals surface area contributed by atoms with E-state index in [9.17, 15) is 0 Å². The number of halogens is 1. The first kappa shape index (κ1) is 15.8. The molecule has 0 aliphatic heterocycles. The summed E-state index contributed by atoms with van der Waals surface area (Å²) in [6, 6.07) is -0.138. The number of nitrogens with one attached hydrogen (secondary N) is 1. The Morgan fingerprint density at radius 1 is 1.45 bits per heavy atom. The fourth-order valence-electron chi connectivity index (χ4n) is 3.36. The molecule has 20 heavy (non-hydrogen) atoms. The molecule has 114 valence electrons. The number of nitrogens with two attached hydrogens (primary N) is 1. The van der Waals surface area contributed by atoms with Crippen LogP contribution in [0.25, 0.3) is 0 Å². The molecule has 1 atom stereocenters. The molecule has 2 rings (SSSR count). The first-order chi connectivity index (χ1) is 9.64. The van der Waals surface area contributed by atoms with Crippen molar-refractivity contribution in [3.63, 3.8) is 0 Å². The van der Waals surface area contributed by atoms with Crippen LogP contribution in [0, 0.1) is 0 Å². The van der Waals surface area contributed by atoms with Gasteiger partial charge in [0.25, 0.3) is 0 Å². The van der Waals surface area contributed by atoms with E-state index in [2.05, 4.69) is 10.5 Å². The van der Waals surface area contributed by atoms with Gasteiger partial charge >= 0.3 is 0 Å². The number of aryl methyl sites for hydroxylation is 1. The molecule has 0 radical (unpaired) electrons. The van der Waals surface area contributed by atoms with Crippen LogP contribution in [0.1, 0.15) is 57.2 Å². The van der Waals surface area contributed by atoms with Crippen molar-refractivity contribution in [2.45, 2.75) is 57.1 Å². The van der Waals surface area contributed by atoms with Crippen LogP contribution in [0.15, 0.2) is 6.20 Å². The summed E-state index contributed by atoms with van der Waals surface area (Å²) in [4.78, 5) is 0. The first-order valence-electron chi connectivity index (χ1n) is 7.42.